The standard InChI is InChI=1S/C12H10N4O2S2/c1-7-15-9-4-8(14-6-12-13-2-3-19-12)10(16(17)18)5-11(9)20-7/h2-5,14H,6H2,1H3. The van der Waals surface area contributed by atoms with Gasteiger partial charge in [-0.15, -0.1) is 22.7 Å². The number of nitro benzene ring substituents is 1. The van der Waals surface area contributed by atoms with E-state index in [2.05, 4.69) is 15.3 Å². The third-order valence-electron chi connectivity index (χ3n) is 2.72. The molecule has 0 radical (unpaired) electrons. The molecule has 0 atom stereocenters. The van der Waals surface area contributed by atoms with Gasteiger partial charge in [0.25, 0.3) is 5.69 Å². The number of nitrogens with zero attached hydrogens (tertiary/aromatic N) is 3. The number of benzene rings is 1. The molecule has 6 nitrogen and oxygen atoms in total. The summed E-state index contributed by atoms with van der Waals surface area (Å²) < 4.78 is 0.828. The first kappa shape index (κ1) is 12.9. The lowest BCUT2D eigenvalue weighted by Gasteiger charge is -2.05. The summed E-state index contributed by atoms with van der Waals surface area (Å²) in [6.45, 7) is 2.35. The fourth-order valence-electron chi connectivity index (χ4n) is 1.88. The average Bonchev–Trinajstić information content (AvgIpc) is 3.02. The summed E-state index contributed by atoms with van der Waals surface area (Å²) in [6.07, 6.45) is 1.71. The highest BCUT2D eigenvalue weighted by Gasteiger charge is 2.17. The molecule has 8 heteroatoms. The second-order valence-electron chi connectivity index (χ2n) is 4.11. The molecule has 0 aliphatic rings. The largest absolute Gasteiger partial charge is 0.373 e. The van der Waals surface area contributed by atoms with Crippen LogP contribution >= 0.6 is 22.7 Å². The Balaban J connectivity index is 1.98. The van der Waals surface area contributed by atoms with Gasteiger partial charge in [0.2, 0.25) is 0 Å². The topological polar surface area (TPSA) is 81.0 Å². The van der Waals surface area contributed by atoms with E-state index in [0.717, 1.165) is 20.2 Å². The molecule has 0 amide bonds. The second-order valence-corrected chi connectivity index (χ2v) is 6.32. The zero-order valence-corrected chi connectivity index (χ0v) is 12.1. The number of hydrogen-bond donors (Lipinski definition) is 1. The van der Waals surface area contributed by atoms with Crippen LogP contribution in [-0.4, -0.2) is 14.9 Å². The minimum atomic E-state index is -0.376. The Bertz CT molecular complexity index is 767. The molecular formula is C12H10N4O2S2. The van der Waals surface area contributed by atoms with Crippen LogP contribution in [0.15, 0.2) is 23.7 Å². The van der Waals surface area contributed by atoms with Gasteiger partial charge in [0.1, 0.15) is 10.7 Å². The minimum absolute atomic E-state index is 0.0673. The molecule has 1 N–H and O–H groups in total. The Hall–Kier alpha value is -2.06. The van der Waals surface area contributed by atoms with Gasteiger partial charge in [0.15, 0.2) is 0 Å². The highest BCUT2D eigenvalue weighted by Crippen LogP contribution is 2.33. The van der Waals surface area contributed by atoms with E-state index < -0.39 is 0 Å². The van der Waals surface area contributed by atoms with Crippen LogP contribution in [0.2, 0.25) is 0 Å². The Morgan fingerprint density at radius 3 is 3.00 bits per heavy atom. The summed E-state index contributed by atoms with van der Waals surface area (Å²) in [5.74, 6) is 0. The highest BCUT2D eigenvalue weighted by atomic mass is 32.1. The van der Waals surface area contributed by atoms with Crippen LogP contribution in [0.5, 0.6) is 0 Å². The van der Waals surface area contributed by atoms with Gasteiger partial charge in [-0.05, 0) is 13.0 Å². The maximum Gasteiger partial charge on any atom is 0.293 e. The molecule has 2 heterocycles. The van der Waals surface area contributed by atoms with Crippen LogP contribution in [0.1, 0.15) is 10.0 Å². The van der Waals surface area contributed by atoms with Crippen LogP contribution in [0.4, 0.5) is 11.4 Å². The fraction of sp³-hybridized carbons (Fsp3) is 0.167. The predicted molar refractivity (Wildman–Crippen MR) is 80.5 cm³/mol. The van der Waals surface area contributed by atoms with Crippen LogP contribution < -0.4 is 5.32 Å². The third-order valence-corrected chi connectivity index (χ3v) is 4.44. The molecule has 0 aliphatic heterocycles. The number of nitro groups is 1. The highest BCUT2D eigenvalue weighted by molar-refractivity contribution is 7.18. The van der Waals surface area contributed by atoms with Gasteiger partial charge in [-0.1, -0.05) is 0 Å². The molecule has 2 aromatic heterocycles. The first-order valence-corrected chi connectivity index (χ1v) is 7.51. The van der Waals surface area contributed by atoms with Crippen molar-refractivity contribution >= 4 is 44.3 Å². The number of anilines is 1. The van der Waals surface area contributed by atoms with Crippen LogP contribution in [0, 0.1) is 17.0 Å². The van der Waals surface area contributed by atoms with Crippen molar-refractivity contribution in [3.8, 4) is 0 Å². The number of fused-ring (bicyclic) bond motifs is 1. The van der Waals surface area contributed by atoms with Gasteiger partial charge in [-0.2, -0.15) is 0 Å². The molecule has 0 bridgehead atoms. The van der Waals surface area contributed by atoms with Crippen molar-refractivity contribution in [3.05, 3.63) is 43.8 Å². The van der Waals surface area contributed by atoms with E-state index in [9.17, 15) is 10.1 Å². The van der Waals surface area contributed by atoms with E-state index in [0.29, 0.717) is 12.2 Å². The van der Waals surface area contributed by atoms with Gasteiger partial charge >= 0.3 is 0 Å². The number of nitrogens with one attached hydrogen (secondary N) is 1. The van der Waals surface area contributed by atoms with Gasteiger partial charge in [-0.25, -0.2) is 9.97 Å². The van der Waals surface area contributed by atoms with Gasteiger partial charge in [0, 0.05) is 17.6 Å². The molecular weight excluding hydrogens is 296 g/mol. The second kappa shape index (κ2) is 5.14. The SMILES string of the molecule is Cc1nc2cc(NCc3nccs3)c([N+](=O)[O-])cc2s1. The van der Waals surface area contributed by atoms with Crippen molar-refractivity contribution < 1.29 is 4.92 Å². The zero-order chi connectivity index (χ0) is 14.1. The number of aryl methyl sites for hydroxylation is 1. The molecule has 0 fully saturated rings. The molecule has 0 unspecified atom stereocenters. The summed E-state index contributed by atoms with van der Waals surface area (Å²) in [6, 6.07) is 3.30. The normalized spacial score (nSPS) is 10.8. The van der Waals surface area contributed by atoms with E-state index in [4.69, 9.17) is 0 Å². The van der Waals surface area contributed by atoms with Crippen LogP contribution in [0.25, 0.3) is 10.2 Å². The van der Waals surface area contributed by atoms with Crippen molar-refractivity contribution in [2.24, 2.45) is 0 Å². The lowest BCUT2D eigenvalue weighted by Crippen LogP contribution is -2.02. The smallest absolute Gasteiger partial charge is 0.293 e. The monoisotopic (exact) mass is 306 g/mol. The lowest BCUT2D eigenvalue weighted by molar-refractivity contribution is -0.383. The van der Waals surface area contributed by atoms with E-state index in [1.54, 1.807) is 18.3 Å². The quantitative estimate of drug-likeness (QED) is 0.588. The van der Waals surface area contributed by atoms with E-state index in [1.807, 2.05) is 12.3 Å². The van der Waals surface area contributed by atoms with Crippen molar-refractivity contribution in [3.63, 3.8) is 0 Å². The molecule has 0 saturated carbocycles. The molecule has 0 saturated heterocycles. The molecule has 0 spiro atoms. The minimum Gasteiger partial charge on any atom is -0.373 e. The molecule has 3 rings (SSSR count). The first-order chi connectivity index (χ1) is 9.63. The van der Waals surface area contributed by atoms with Gasteiger partial charge in [0.05, 0.1) is 26.7 Å². The Labute approximate surface area is 122 Å². The molecule has 3 aromatic rings. The third kappa shape index (κ3) is 2.47. The fourth-order valence-corrected chi connectivity index (χ4v) is 3.28. The Morgan fingerprint density at radius 2 is 2.30 bits per heavy atom. The van der Waals surface area contributed by atoms with Gasteiger partial charge < -0.3 is 5.32 Å². The molecule has 102 valence electrons. The zero-order valence-electron chi connectivity index (χ0n) is 10.5. The summed E-state index contributed by atoms with van der Waals surface area (Å²) >= 11 is 2.96. The summed E-state index contributed by atoms with van der Waals surface area (Å²) in [5.41, 5.74) is 1.32. The molecule has 20 heavy (non-hydrogen) atoms. The number of hydrogen-bond acceptors (Lipinski definition) is 7. The number of rotatable bonds is 4. The van der Waals surface area contributed by atoms with Crippen LogP contribution in [0.3, 0.4) is 0 Å². The van der Waals surface area contributed by atoms with Crippen molar-refractivity contribution in [2.45, 2.75) is 13.5 Å². The van der Waals surface area contributed by atoms with Gasteiger partial charge in [-0.3, -0.25) is 10.1 Å². The summed E-state index contributed by atoms with van der Waals surface area (Å²) in [4.78, 5) is 19.3. The Morgan fingerprint density at radius 1 is 1.45 bits per heavy atom. The van der Waals surface area contributed by atoms with Crippen molar-refractivity contribution in [1.29, 1.82) is 0 Å². The molecule has 1 aromatic carbocycles. The Kier molecular flexibility index (Phi) is 3.33. The lowest BCUT2D eigenvalue weighted by atomic mass is 10.2. The maximum atomic E-state index is 11.2. The number of thiazole rings is 2. The van der Waals surface area contributed by atoms with Crippen LogP contribution in [-0.2, 0) is 6.54 Å². The maximum absolute atomic E-state index is 11.2. The predicted octanol–water partition coefficient (Wildman–Crippen LogP) is 3.58. The van der Waals surface area contributed by atoms with E-state index >= 15 is 0 Å². The van der Waals surface area contributed by atoms with Crippen molar-refractivity contribution in [1.82, 2.24) is 9.97 Å². The van der Waals surface area contributed by atoms with E-state index in [1.165, 1.54) is 22.7 Å². The summed E-state index contributed by atoms with van der Waals surface area (Å²) in [5, 5.41) is 17.9. The van der Waals surface area contributed by atoms with Crippen molar-refractivity contribution in [2.75, 3.05) is 5.32 Å². The molecule has 0 aliphatic carbocycles. The number of aromatic nitrogens is 2. The first-order valence-electron chi connectivity index (χ1n) is 5.81. The average molecular weight is 306 g/mol. The van der Waals surface area contributed by atoms with E-state index in [-0.39, 0.29) is 10.6 Å². The summed E-state index contributed by atoms with van der Waals surface area (Å²) in [7, 11) is 0.